The molecule has 1 N–H and O–H groups in total. The number of benzene rings is 2. The van der Waals surface area contributed by atoms with Crippen molar-refractivity contribution in [2.75, 3.05) is 6.54 Å². The molecule has 2 heterocycles. The standard InChI is InChI=1S/C25H22BrN3O3/c26-20-10-8-19(9-11-20)23(30)22-21(12-7-18-5-2-1-3-6-18)29(25(32)24(22)31)15-4-14-28-16-13-27-17-28/h1-3,5-13,16-17,21,30H,4,14-15H2. The van der Waals surface area contributed by atoms with Gasteiger partial charge in [-0.15, -0.1) is 0 Å². The number of aliphatic hydroxyl groups excluding tert-OH is 1. The van der Waals surface area contributed by atoms with Gasteiger partial charge >= 0.3 is 0 Å². The summed E-state index contributed by atoms with van der Waals surface area (Å²) in [6, 6.07) is 16.0. The van der Waals surface area contributed by atoms with E-state index in [0.29, 0.717) is 25.1 Å². The lowest BCUT2D eigenvalue weighted by Crippen LogP contribution is -2.34. The Balaban J connectivity index is 1.67. The third-order valence-electron chi connectivity index (χ3n) is 5.35. The molecule has 0 radical (unpaired) electrons. The van der Waals surface area contributed by atoms with Crippen LogP contribution in [0.3, 0.4) is 0 Å². The smallest absolute Gasteiger partial charge is 0.295 e. The molecule has 7 heteroatoms. The lowest BCUT2D eigenvalue weighted by Gasteiger charge is -2.22. The van der Waals surface area contributed by atoms with E-state index in [0.717, 1.165) is 10.0 Å². The van der Waals surface area contributed by atoms with E-state index in [1.54, 1.807) is 42.9 Å². The second-order valence-corrected chi connectivity index (χ2v) is 8.38. The molecule has 0 spiro atoms. The van der Waals surface area contributed by atoms with E-state index in [1.165, 1.54) is 4.90 Å². The molecule has 1 amide bonds. The predicted octanol–water partition coefficient (Wildman–Crippen LogP) is 4.50. The summed E-state index contributed by atoms with van der Waals surface area (Å²) in [5.41, 5.74) is 1.54. The van der Waals surface area contributed by atoms with Gasteiger partial charge in [0, 0.05) is 35.5 Å². The van der Waals surface area contributed by atoms with Crippen molar-refractivity contribution in [3.05, 3.63) is 101 Å². The molecule has 6 nitrogen and oxygen atoms in total. The number of carbonyl (C=O) groups excluding carboxylic acids is 2. The minimum Gasteiger partial charge on any atom is -0.507 e. The molecule has 1 aliphatic heterocycles. The monoisotopic (exact) mass is 491 g/mol. The van der Waals surface area contributed by atoms with Crippen LogP contribution in [0.2, 0.25) is 0 Å². The number of likely N-dealkylation sites (tertiary alicyclic amines) is 1. The van der Waals surface area contributed by atoms with Crippen LogP contribution in [0.5, 0.6) is 0 Å². The SMILES string of the molecule is O=C1C(=O)N(CCCn2ccnc2)C(C=Cc2ccccc2)C1=C(O)c1ccc(Br)cc1. The molecule has 1 unspecified atom stereocenters. The average molecular weight is 492 g/mol. The van der Waals surface area contributed by atoms with E-state index >= 15 is 0 Å². The minimum absolute atomic E-state index is 0.104. The fourth-order valence-corrected chi connectivity index (χ4v) is 3.99. The predicted molar refractivity (Wildman–Crippen MR) is 127 cm³/mol. The maximum absolute atomic E-state index is 12.9. The zero-order valence-electron chi connectivity index (χ0n) is 17.3. The third-order valence-corrected chi connectivity index (χ3v) is 5.88. The number of aromatic nitrogens is 2. The molecule has 0 aliphatic carbocycles. The first kappa shape index (κ1) is 21.8. The zero-order chi connectivity index (χ0) is 22.5. The van der Waals surface area contributed by atoms with Gasteiger partial charge in [-0.05, 0) is 24.1 Å². The Labute approximate surface area is 194 Å². The number of hydrogen-bond acceptors (Lipinski definition) is 4. The highest BCUT2D eigenvalue weighted by Crippen LogP contribution is 2.30. The minimum atomic E-state index is -0.671. The van der Waals surface area contributed by atoms with Gasteiger partial charge in [-0.1, -0.05) is 70.5 Å². The van der Waals surface area contributed by atoms with Gasteiger partial charge in [0.05, 0.1) is 17.9 Å². The van der Waals surface area contributed by atoms with Crippen molar-refractivity contribution in [2.24, 2.45) is 0 Å². The van der Waals surface area contributed by atoms with Gasteiger partial charge in [0.15, 0.2) is 0 Å². The van der Waals surface area contributed by atoms with Gasteiger partial charge < -0.3 is 14.6 Å². The van der Waals surface area contributed by atoms with E-state index in [2.05, 4.69) is 20.9 Å². The molecule has 1 fully saturated rings. The Morgan fingerprint density at radius 3 is 2.50 bits per heavy atom. The number of rotatable bonds is 7. The number of amides is 1. The fourth-order valence-electron chi connectivity index (χ4n) is 3.72. The van der Waals surface area contributed by atoms with E-state index in [1.807, 2.05) is 47.2 Å². The van der Waals surface area contributed by atoms with Crippen molar-refractivity contribution in [3.8, 4) is 0 Å². The van der Waals surface area contributed by atoms with E-state index in [-0.39, 0.29) is 11.3 Å². The van der Waals surface area contributed by atoms with Crippen LogP contribution < -0.4 is 0 Å². The van der Waals surface area contributed by atoms with Crippen molar-refractivity contribution in [3.63, 3.8) is 0 Å². The van der Waals surface area contributed by atoms with Crippen molar-refractivity contribution in [2.45, 2.75) is 19.0 Å². The highest BCUT2D eigenvalue weighted by molar-refractivity contribution is 9.10. The van der Waals surface area contributed by atoms with Crippen LogP contribution in [0.15, 0.2) is 89.4 Å². The van der Waals surface area contributed by atoms with E-state index < -0.39 is 17.7 Å². The molecule has 1 atom stereocenters. The maximum Gasteiger partial charge on any atom is 0.295 e. The number of imidazole rings is 1. The molecule has 32 heavy (non-hydrogen) atoms. The number of nitrogens with zero attached hydrogens (tertiary/aromatic N) is 3. The molecule has 162 valence electrons. The number of halogens is 1. The lowest BCUT2D eigenvalue weighted by molar-refractivity contribution is -0.139. The number of aryl methyl sites for hydroxylation is 1. The number of hydrogen-bond donors (Lipinski definition) is 1. The van der Waals surface area contributed by atoms with Gasteiger partial charge in [0.2, 0.25) is 0 Å². The van der Waals surface area contributed by atoms with Crippen LogP contribution in [0.1, 0.15) is 17.5 Å². The van der Waals surface area contributed by atoms with Gasteiger partial charge in [-0.3, -0.25) is 9.59 Å². The third kappa shape index (κ3) is 4.73. The molecule has 1 aliphatic rings. The first-order valence-electron chi connectivity index (χ1n) is 10.3. The molecular formula is C25H22BrN3O3. The highest BCUT2D eigenvalue weighted by Gasteiger charge is 2.43. The van der Waals surface area contributed by atoms with Crippen molar-refractivity contribution in [1.82, 2.24) is 14.5 Å². The number of Topliss-reactive ketones (excluding diaryl/α,β-unsaturated/α-hetero) is 1. The molecule has 0 bridgehead atoms. The molecule has 0 saturated carbocycles. The first-order chi connectivity index (χ1) is 15.5. The normalized spacial score (nSPS) is 18.0. The van der Waals surface area contributed by atoms with E-state index in [4.69, 9.17) is 0 Å². The van der Waals surface area contributed by atoms with Crippen LogP contribution in [0.25, 0.3) is 11.8 Å². The van der Waals surface area contributed by atoms with E-state index in [9.17, 15) is 14.7 Å². The maximum atomic E-state index is 12.9. The lowest BCUT2D eigenvalue weighted by atomic mass is 10.00. The van der Waals surface area contributed by atoms with Crippen molar-refractivity contribution in [1.29, 1.82) is 0 Å². The number of carbonyl (C=O) groups is 2. The Bertz CT molecular complexity index is 1150. The first-order valence-corrected chi connectivity index (χ1v) is 11.1. The average Bonchev–Trinajstić information content (AvgIpc) is 3.41. The van der Waals surface area contributed by atoms with Crippen molar-refractivity contribution >= 4 is 39.5 Å². The molecule has 2 aromatic carbocycles. The summed E-state index contributed by atoms with van der Waals surface area (Å²) in [4.78, 5) is 31.4. The summed E-state index contributed by atoms with van der Waals surface area (Å²) < 4.78 is 2.78. The fraction of sp³-hybridized carbons (Fsp3) is 0.160. The zero-order valence-corrected chi connectivity index (χ0v) is 18.9. The topological polar surface area (TPSA) is 75.4 Å². The summed E-state index contributed by atoms with van der Waals surface area (Å²) >= 11 is 3.37. The second kappa shape index (κ2) is 9.78. The Hall–Kier alpha value is -3.45. The van der Waals surface area contributed by atoms with Gasteiger partial charge in [-0.2, -0.15) is 0 Å². The summed E-state index contributed by atoms with van der Waals surface area (Å²) in [5, 5.41) is 11.0. The molecule has 1 saturated heterocycles. The summed E-state index contributed by atoms with van der Waals surface area (Å²) in [6.45, 7) is 1.05. The molecular weight excluding hydrogens is 470 g/mol. The van der Waals surface area contributed by atoms with Crippen LogP contribution in [-0.4, -0.2) is 43.8 Å². The van der Waals surface area contributed by atoms with Crippen LogP contribution >= 0.6 is 15.9 Å². The van der Waals surface area contributed by atoms with Crippen LogP contribution in [0.4, 0.5) is 0 Å². The largest absolute Gasteiger partial charge is 0.507 e. The van der Waals surface area contributed by atoms with Crippen LogP contribution in [-0.2, 0) is 16.1 Å². The molecule has 3 aromatic rings. The van der Waals surface area contributed by atoms with Gasteiger partial charge in [-0.25, -0.2) is 4.98 Å². The number of ketones is 1. The van der Waals surface area contributed by atoms with Crippen molar-refractivity contribution < 1.29 is 14.7 Å². The summed E-state index contributed by atoms with van der Waals surface area (Å²) in [7, 11) is 0. The quantitative estimate of drug-likeness (QED) is 0.300. The second-order valence-electron chi connectivity index (χ2n) is 7.47. The number of aliphatic hydroxyl groups is 1. The Kier molecular flexibility index (Phi) is 6.66. The summed E-state index contributed by atoms with van der Waals surface area (Å²) in [6.07, 6.45) is 9.60. The Morgan fingerprint density at radius 2 is 1.81 bits per heavy atom. The Morgan fingerprint density at radius 1 is 1.06 bits per heavy atom. The van der Waals surface area contributed by atoms with Crippen LogP contribution in [0, 0.1) is 0 Å². The molecule has 4 rings (SSSR count). The molecule has 1 aromatic heterocycles. The summed E-state index contributed by atoms with van der Waals surface area (Å²) in [5.74, 6) is -1.44. The van der Waals surface area contributed by atoms with Gasteiger partial charge in [0.25, 0.3) is 11.7 Å². The highest BCUT2D eigenvalue weighted by atomic mass is 79.9. The van der Waals surface area contributed by atoms with Gasteiger partial charge in [0.1, 0.15) is 5.76 Å².